The number of hydrogen-bond donors (Lipinski definition) is 2. The summed E-state index contributed by atoms with van der Waals surface area (Å²) < 4.78 is 26.8. The first kappa shape index (κ1) is 12.0. The number of hydrogen-bond acceptors (Lipinski definition) is 2. The molecule has 1 atom stereocenters. The quantitative estimate of drug-likeness (QED) is 0.809. The lowest BCUT2D eigenvalue weighted by molar-refractivity contribution is 0.599. The first-order valence-corrected chi connectivity index (χ1v) is 6.23. The van der Waals surface area contributed by atoms with E-state index in [4.69, 9.17) is 5.73 Å². The molecule has 2 nitrogen and oxygen atoms in total. The van der Waals surface area contributed by atoms with Crippen molar-refractivity contribution in [2.75, 3.05) is 11.1 Å². The van der Waals surface area contributed by atoms with Crippen LogP contribution in [-0.4, -0.2) is 0 Å². The third-order valence-corrected chi connectivity index (χ3v) is 3.50. The highest BCUT2D eigenvalue weighted by Crippen LogP contribution is 2.35. The van der Waals surface area contributed by atoms with E-state index >= 15 is 0 Å². The second-order valence-corrected chi connectivity index (χ2v) is 4.82. The Labute approximate surface area is 110 Å². The van der Waals surface area contributed by atoms with Crippen molar-refractivity contribution in [3.05, 3.63) is 59.2 Å². The molecule has 0 saturated heterocycles. The van der Waals surface area contributed by atoms with Crippen LogP contribution < -0.4 is 11.1 Å². The van der Waals surface area contributed by atoms with Crippen molar-refractivity contribution in [2.24, 2.45) is 0 Å². The zero-order valence-corrected chi connectivity index (χ0v) is 10.3. The molecule has 0 aliphatic heterocycles. The molecule has 4 heteroatoms. The van der Waals surface area contributed by atoms with Crippen LogP contribution in [0, 0.1) is 11.6 Å². The summed E-state index contributed by atoms with van der Waals surface area (Å²) in [6.07, 6.45) is 1.75. The average molecular weight is 260 g/mol. The van der Waals surface area contributed by atoms with Gasteiger partial charge in [-0.2, -0.15) is 0 Å². The number of aryl methyl sites for hydroxylation is 1. The summed E-state index contributed by atoms with van der Waals surface area (Å²) in [5.74, 6) is -0.885. The van der Waals surface area contributed by atoms with E-state index in [-0.39, 0.29) is 11.7 Å². The molecule has 1 aliphatic rings. The molecule has 1 unspecified atom stereocenters. The van der Waals surface area contributed by atoms with Gasteiger partial charge < -0.3 is 11.1 Å². The van der Waals surface area contributed by atoms with Crippen molar-refractivity contribution >= 4 is 11.4 Å². The van der Waals surface area contributed by atoms with Crippen LogP contribution in [0.4, 0.5) is 20.2 Å². The van der Waals surface area contributed by atoms with Crippen molar-refractivity contribution in [1.82, 2.24) is 0 Å². The highest BCUT2D eigenvalue weighted by molar-refractivity contribution is 5.52. The number of halogens is 2. The van der Waals surface area contributed by atoms with E-state index in [2.05, 4.69) is 5.32 Å². The first-order chi connectivity index (χ1) is 9.13. The van der Waals surface area contributed by atoms with Gasteiger partial charge in [0.15, 0.2) is 0 Å². The molecular weight excluding hydrogens is 246 g/mol. The van der Waals surface area contributed by atoms with Crippen LogP contribution >= 0.6 is 0 Å². The second kappa shape index (κ2) is 4.53. The summed E-state index contributed by atoms with van der Waals surface area (Å²) in [4.78, 5) is 0. The van der Waals surface area contributed by atoms with Crippen molar-refractivity contribution in [3.63, 3.8) is 0 Å². The molecule has 0 spiro atoms. The van der Waals surface area contributed by atoms with E-state index in [9.17, 15) is 8.78 Å². The Kier molecular flexibility index (Phi) is 2.85. The molecular formula is C15H14F2N2. The fraction of sp³-hybridized carbons (Fsp3) is 0.200. The van der Waals surface area contributed by atoms with Crippen LogP contribution in [0.2, 0.25) is 0 Å². The van der Waals surface area contributed by atoms with Crippen molar-refractivity contribution in [2.45, 2.75) is 18.9 Å². The van der Waals surface area contributed by atoms with Gasteiger partial charge in [0.05, 0.1) is 11.7 Å². The Morgan fingerprint density at radius 3 is 2.79 bits per heavy atom. The average Bonchev–Trinajstić information content (AvgIpc) is 2.76. The Hall–Kier alpha value is -2.10. The highest BCUT2D eigenvalue weighted by atomic mass is 19.1. The van der Waals surface area contributed by atoms with Crippen molar-refractivity contribution in [3.8, 4) is 0 Å². The van der Waals surface area contributed by atoms with E-state index < -0.39 is 11.6 Å². The zero-order valence-electron chi connectivity index (χ0n) is 10.3. The standard InChI is InChI=1S/C15H14F2N2/c16-10-2-5-13(17)15(8-10)19-14-6-1-9-7-11(18)3-4-12(9)14/h2-5,7-8,14,19H,1,6,18H2. The lowest BCUT2D eigenvalue weighted by atomic mass is 10.1. The fourth-order valence-electron chi connectivity index (χ4n) is 2.58. The normalized spacial score (nSPS) is 17.3. The fourth-order valence-corrected chi connectivity index (χ4v) is 2.58. The van der Waals surface area contributed by atoms with Crippen LogP contribution in [0.3, 0.4) is 0 Å². The topological polar surface area (TPSA) is 38.0 Å². The summed E-state index contributed by atoms with van der Waals surface area (Å²) in [6, 6.07) is 9.17. The molecule has 0 fully saturated rings. The third-order valence-electron chi connectivity index (χ3n) is 3.50. The number of nitrogens with two attached hydrogens (primary N) is 1. The number of fused-ring (bicyclic) bond motifs is 1. The predicted molar refractivity (Wildman–Crippen MR) is 71.9 cm³/mol. The Balaban J connectivity index is 1.88. The maximum Gasteiger partial charge on any atom is 0.146 e. The van der Waals surface area contributed by atoms with Crippen LogP contribution in [0.15, 0.2) is 36.4 Å². The third kappa shape index (κ3) is 2.26. The molecule has 0 aromatic heterocycles. The van der Waals surface area contributed by atoms with Gasteiger partial charge in [0, 0.05) is 5.69 Å². The first-order valence-electron chi connectivity index (χ1n) is 6.23. The van der Waals surface area contributed by atoms with E-state index in [1.54, 1.807) is 0 Å². The van der Waals surface area contributed by atoms with E-state index in [1.807, 2.05) is 18.2 Å². The molecule has 3 rings (SSSR count). The van der Waals surface area contributed by atoms with Gasteiger partial charge in [0.1, 0.15) is 11.6 Å². The summed E-state index contributed by atoms with van der Waals surface area (Å²) in [5, 5.41) is 3.07. The summed E-state index contributed by atoms with van der Waals surface area (Å²) >= 11 is 0. The van der Waals surface area contributed by atoms with E-state index in [0.717, 1.165) is 36.2 Å². The molecule has 2 aromatic carbocycles. The number of nitrogens with one attached hydrogen (secondary N) is 1. The van der Waals surface area contributed by atoms with Gasteiger partial charge in [-0.1, -0.05) is 6.07 Å². The smallest absolute Gasteiger partial charge is 0.146 e. The monoisotopic (exact) mass is 260 g/mol. The van der Waals surface area contributed by atoms with Gasteiger partial charge in [-0.05, 0) is 54.3 Å². The van der Waals surface area contributed by atoms with Gasteiger partial charge in [-0.25, -0.2) is 8.78 Å². The lowest BCUT2D eigenvalue weighted by Crippen LogP contribution is -2.08. The maximum absolute atomic E-state index is 13.6. The van der Waals surface area contributed by atoms with Crippen LogP contribution in [0.1, 0.15) is 23.6 Å². The van der Waals surface area contributed by atoms with Gasteiger partial charge in [0.25, 0.3) is 0 Å². The van der Waals surface area contributed by atoms with E-state index in [1.165, 1.54) is 11.6 Å². The summed E-state index contributed by atoms with van der Waals surface area (Å²) in [7, 11) is 0. The van der Waals surface area contributed by atoms with Gasteiger partial charge in [-0.3, -0.25) is 0 Å². The number of rotatable bonds is 2. The number of nitrogen functional groups attached to an aromatic ring is 1. The van der Waals surface area contributed by atoms with Gasteiger partial charge in [0.2, 0.25) is 0 Å². The van der Waals surface area contributed by atoms with E-state index in [0.29, 0.717) is 0 Å². The molecule has 0 radical (unpaired) electrons. The van der Waals surface area contributed by atoms with Crippen LogP contribution in [0.5, 0.6) is 0 Å². The minimum absolute atomic E-state index is 0.00639. The zero-order chi connectivity index (χ0) is 13.4. The highest BCUT2D eigenvalue weighted by Gasteiger charge is 2.23. The van der Waals surface area contributed by atoms with Crippen LogP contribution in [-0.2, 0) is 6.42 Å². The predicted octanol–water partition coefficient (Wildman–Crippen LogP) is 3.65. The maximum atomic E-state index is 13.6. The largest absolute Gasteiger partial charge is 0.399 e. The minimum atomic E-state index is -0.445. The number of benzene rings is 2. The Bertz CT molecular complexity index is 626. The Morgan fingerprint density at radius 1 is 1.11 bits per heavy atom. The second-order valence-electron chi connectivity index (χ2n) is 4.82. The molecule has 0 amide bonds. The molecule has 3 N–H and O–H groups in total. The Morgan fingerprint density at radius 2 is 1.95 bits per heavy atom. The molecule has 0 heterocycles. The van der Waals surface area contributed by atoms with Crippen molar-refractivity contribution < 1.29 is 8.78 Å². The lowest BCUT2D eigenvalue weighted by Gasteiger charge is -2.16. The molecule has 19 heavy (non-hydrogen) atoms. The molecule has 2 aromatic rings. The van der Waals surface area contributed by atoms with Gasteiger partial charge >= 0.3 is 0 Å². The summed E-state index contributed by atoms with van der Waals surface area (Å²) in [6.45, 7) is 0. The minimum Gasteiger partial charge on any atom is -0.399 e. The molecule has 0 saturated carbocycles. The number of anilines is 2. The summed E-state index contributed by atoms with van der Waals surface area (Å²) in [5.41, 5.74) is 8.96. The molecule has 98 valence electrons. The van der Waals surface area contributed by atoms with Crippen LogP contribution in [0.25, 0.3) is 0 Å². The van der Waals surface area contributed by atoms with Crippen molar-refractivity contribution in [1.29, 1.82) is 0 Å². The molecule has 0 bridgehead atoms. The SMILES string of the molecule is Nc1ccc2c(c1)CCC2Nc1cc(F)ccc1F. The molecule has 1 aliphatic carbocycles. The van der Waals surface area contributed by atoms with Gasteiger partial charge in [-0.15, -0.1) is 0 Å².